The highest BCUT2D eigenvalue weighted by atomic mass is 15.3. The summed E-state index contributed by atoms with van der Waals surface area (Å²) in [7, 11) is 3.71. The minimum Gasteiger partial charge on any atom is -0.368 e. The lowest BCUT2D eigenvalue weighted by Crippen LogP contribution is -2.26. The molecule has 0 saturated heterocycles. The summed E-state index contributed by atoms with van der Waals surface area (Å²) in [5.41, 5.74) is 7.69. The van der Waals surface area contributed by atoms with Crippen LogP contribution in [0, 0.1) is 19.3 Å². The lowest BCUT2D eigenvalue weighted by Gasteiger charge is -2.19. The molecule has 0 radical (unpaired) electrons. The van der Waals surface area contributed by atoms with Gasteiger partial charge in [-0.25, -0.2) is 0 Å². The minimum absolute atomic E-state index is 0.202. The third-order valence-corrected chi connectivity index (χ3v) is 3.10. The van der Waals surface area contributed by atoms with Crippen molar-refractivity contribution >= 4 is 11.9 Å². The predicted molar refractivity (Wildman–Crippen MR) is 90.5 cm³/mol. The Morgan fingerprint density at radius 3 is 2.57 bits per heavy atom. The molecular formula is C16H21N7. The zero-order valence-corrected chi connectivity index (χ0v) is 13.7. The van der Waals surface area contributed by atoms with Gasteiger partial charge in [-0.15, -0.1) is 6.42 Å². The quantitative estimate of drug-likeness (QED) is 0.792. The van der Waals surface area contributed by atoms with Crippen LogP contribution in [-0.2, 0) is 13.1 Å². The Balaban J connectivity index is 2.18. The van der Waals surface area contributed by atoms with E-state index >= 15 is 0 Å². The molecule has 7 nitrogen and oxygen atoms in total. The van der Waals surface area contributed by atoms with Gasteiger partial charge in [-0.2, -0.15) is 15.0 Å². The van der Waals surface area contributed by atoms with Crippen molar-refractivity contribution in [2.24, 2.45) is 0 Å². The first kappa shape index (κ1) is 16.6. The molecule has 0 bridgehead atoms. The van der Waals surface area contributed by atoms with Gasteiger partial charge in [0.25, 0.3) is 0 Å². The van der Waals surface area contributed by atoms with Gasteiger partial charge in [0.2, 0.25) is 11.9 Å². The lowest BCUT2D eigenvalue weighted by atomic mass is 10.3. The molecule has 2 aromatic heterocycles. The molecule has 0 fully saturated rings. The van der Waals surface area contributed by atoms with Crippen molar-refractivity contribution in [3.8, 4) is 12.3 Å². The Bertz CT molecular complexity index is 706. The van der Waals surface area contributed by atoms with Crippen molar-refractivity contribution in [2.45, 2.75) is 20.0 Å². The van der Waals surface area contributed by atoms with Crippen LogP contribution in [0.4, 0.5) is 11.9 Å². The van der Waals surface area contributed by atoms with Crippen LogP contribution in [-0.4, -0.2) is 45.5 Å². The summed E-state index contributed by atoms with van der Waals surface area (Å²) in [6, 6.07) is 5.92. The van der Waals surface area contributed by atoms with E-state index < -0.39 is 0 Å². The summed E-state index contributed by atoms with van der Waals surface area (Å²) in [4.78, 5) is 21.0. The fourth-order valence-electron chi connectivity index (χ4n) is 2.11. The molecule has 0 unspecified atom stereocenters. The SMILES string of the molecule is C#CCN(Cc1cccc(C)n1)Cc1nc(N)nc(N(C)C)n1. The van der Waals surface area contributed by atoms with Gasteiger partial charge in [0.1, 0.15) is 5.82 Å². The largest absolute Gasteiger partial charge is 0.368 e. The average Bonchev–Trinajstić information content (AvgIpc) is 2.46. The zero-order chi connectivity index (χ0) is 16.8. The molecule has 0 aliphatic rings. The van der Waals surface area contributed by atoms with E-state index in [1.165, 1.54) is 0 Å². The number of aromatic nitrogens is 4. The lowest BCUT2D eigenvalue weighted by molar-refractivity contribution is 0.279. The molecule has 2 aromatic rings. The normalized spacial score (nSPS) is 10.6. The van der Waals surface area contributed by atoms with Crippen molar-refractivity contribution in [3.05, 3.63) is 35.4 Å². The number of pyridine rings is 1. The van der Waals surface area contributed by atoms with E-state index in [1.807, 2.05) is 44.1 Å². The van der Waals surface area contributed by atoms with Crippen molar-refractivity contribution in [1.82, 2.24) is 24.8 Å². The molecule has 0 spiro atoms. The number of terminal acetylenes is 1. The molecule has 120 valence electrons. The smallest absolute Gasteiger partial charge is 0.229 e. The van der Waals surface area contributed by atoms with Crippen molar-refractivity contribution in [2.75, 3.05) is 31.3 Å². The number of nitrogens with two attached hydrogens (primary N) is 1. The highest BCUT2D eigenvalue weighted by Crippen LogP contribution is 2.10. The van der Waals surface area contributed by atoms with E-state index in [0.29, 0.717) is 31.4 Å². The van der Waals surface area contributed by atoms with Crippen molar-refractivity contribution in [1.29, 1.82) is 0 Å². The molecule has 7 heteroatoms. The molecule has 0 aliphatic heterocycles. The van der Waals surface area contributed by atoms with Crippen LogP contribution in [0.25, 0.3) is 0 Å². The molecule has 0 saturated carbocycles. The summed E-state index contributed by atoms with van der Waals surface area (Å²) in [6.07, 6.45) is 5.48. The van der Waals surface area contributed by atoms with Crippen LogP contribution >= 0.6 is 0 Å². The number of nitrogen functional groups attached to an aromatic ring is 1. The van der Waals surface area contributed by atoms with Crippen LogP contribution in [0.1, 0.15) is 17.2 Å². The minimum atomic E-state index is 0.202. The summed E-state index contributed by atoms with van der Waals surface area (Å²) in [6.45, 7) is 3.53. The Hall–Kier alpha value is -2.72. The predicted octanol–water partition coefficient (Wildman–Crippen LogP) is 0.859. The second kappa shape index (κ2) is 7.51. The van der Waals surface area contributed by atoms with Crippen molar-refractivity contribution < 1.29 is 0 Å². The molecule has 2 N–H and O–H groups in total. The first-order valence-electron chi connectivity index (χ1n) is 7.24. The van der Waals surface area contributed by atoms with Gasteiger partial charge in [-0.05, 0) is 19.1 Å². The van der Waals surface area contributed by atoms with E-state index in [0.717, 1.165) is 11.4 Å². The third-order valence-electron chi connectivity index (χ3n) is 3.10. The standard InChI is InChI=1S/C16H21N7/c1-5-9-23(10-13-8-6-7-12(2)18-13)11-14-19-15(17)21-16(20-14)22(3)4/h1,6-8H,9-11H2,2-4H3,(H2,17,19,20,21). The van der Waals surface area contributed by atoms with Gasteiger partial charge in [-0.3, -0.25) is 9.88 Å². The first-order valence-corrected chi connectivity index (χ1v) is 7.24. The average molecular weight is 311 g/mol. The monoisotopic (exact) mass is 311 g/mol. The maximum Gasteiger partial charge on any atom is 0.229 e. The summed E-state index contributed by atoms with van der Waals surface area (Å²) in [5, 5.41) is 0. The molecular weight excluding hydrogens is 290 g/mol. The fourth-order valence-corrected chi connectivity index (χ4v) is 2.11. The van der Waals surface area contributed by atoms with Crippen LogP contribution in [0.3, 0.4) is 0 Å². The Morgan fingerprint density at radius 1 is 1.13 bits per heavy atom. The number of hydrogen-bond acceptors (Lipinski definition) is 7. The summed E-state index contributed by atoms with van der Waals surface area (Å²) < 4.78 is 0. The molecule has 0 aliphatic carbocycles. The second-order valence-electron chi connectivity index (χ2n) is 5.42. The number of rotatable bonds is 6. The van der Waals surface area contributed by atoms with Gasteiger partial charge in [0.15, 0.2) is 0 Å². The van der Waals surface area contributed by atoms with Gasteiger partial charge in [0.05, 0.1) is 18.8 Å². The molecule has 2 heterocycles. The molecule has 0 atom stereocenters. The van der Waals surface area contributed by atoms with Crippen LogP contribution < -0.4 is 10.6 Å². The second-order valence-corrected chi connectivity index (χ2v) is 5.42. The van der Waals surface area contributed by atoms with E-state index in [1.54, 1.807) is 4.90 Å². The van der Waals surface area contributed by atoms with Crippen molar-refractivity contribution in [3.63, 3.8) is 0 Å². The number of nitrogens with zero attached hydrogens (tertiary/aromatic N) is 6. The van der Waals surface area contributed by atoms with E-state index in [-0.39, 0.29) is 5.95 Å². The molecule has 0 aromatic carbocycles. The van der Waals surface area contributed by atoms with Gasteiger partial charge >= 0.3 is 0 Å². The third kappa shape index (κ3) is 4.90. The highest BCUT2D eigenvalue weighted by molar-refractivity contribution is 5.32. The first-order chi connectivity index (χ1) is 11.0. The van der Waals surface area contributed by atoms with Gasteiger partial charge in [-0.1, -0.05) is 12.0 Å². The molecule has 23 heavy (non-hydrogen) atoms. The Morgan fingerprint density at radius 2 is 1.91 bits per heavy atom. The Labute approximate surface area is 136 Å². The molecule has 0 amide bonds. The Kier molecular flexibility index (Phi) is 5.44. The topological polar surface area (TPSA) is 84.1 Å². The molecule has 2 rings (SSSR count). The van der Waals surface area contributed by atoms with E-state index in [2.05, 4.69) is 25.9 Å². The number of aryl methyl sites for hydroxylation is 1. The van der Waals surface area contributed by atoms with Gasteiger partial charge in [0, 0.05) is 26.3 Å². The maximum atomic E-state index is 5.76. The highest BCUT2D eigenvalue weighted by Gasteiger charge is 2.12. The van der Waals surface area contributed by atoms with Gasteiger partial charge < -0.3 is 10.6 Å². The van der Waals surface area contributed by atoms with Crippen LogP contribution in [0.2, 0.25) is 0 Å². The number of anilines is 2. The van der Waals surface area contributed by atoms with Crippen LogP contribution in [0.15, 0.2) is 18.2 Å². The number of hydrogen-bond donors (Lipinski definition) is 1. The zero-order valence-electron chi connectivity index (χ0n) is 13.7. The fraction of sp³-hybridized carbons (Fsp3) is 0.375. The summed E-state index contributed by atoms with van der Waals surface area (Å²) in [5.74, 6) is 3.98. The van der Waals surface area contributed by atoms with E-state index in [9.17, 15) is 0 Å². The van der Waals surface area contributed by atoms with E-state index in [4.69, 9.17) is 12.2 Å². The summed E-state index contributed by atoms with van der Waals surface area (Å²) >= 11 is 0. The maximum absolute atomic E-state index is 5.76. The van der Waals surface area contributed by atoms with Crippen LogP contribution in [0.5, 0.6) is 0 Å².